The molecule has 0 saturated carbocycles. The summed E-state index contributed by atoms with van der Waals surface area (Å²) in [6.07, 6.45) is -4.62. The van der Waals surface area contributed by atoms with Crippen LogP contribution in [-0.2, 0) is 6.18 Å². The molecule has 0 radical (unpaired) electrons. The molecule has 0 unspecified atom stereocenters. The fourth-order valence-corrected chi connectivity index (χ4v) is 1.72. The van der Waals surface area contributed by atoms with Gasteiger partial charge in [0.05, 0.1) is 16.9 Å². The van der Waals surface area contributed by atoms with Gasteiger partial charge in [0.15, 0.2) is 5.69 Å². The van der Waals surface area contributed by atoms with E-state index in [1.54, 1.807) is 0 Å². The molecule has 0 fully saturated rings. The lowest BCUT2D eigenvalue weighted by molar-refractivity contribution is -0.137. The predicted octanol–water partition coefficient (Wildman–Crippen LogP) is 2.59. The van der Waals surface area contributed by atoms with Gasteiger partial charge in [-0.3, -0.25) is 4.79 Å². The van der Waals surface area contributed by atoms with Crippen LogP contribution in [0.5, 0.6) is 0 Å². The summed E-state index contributed by atoms with van der Waals surface area (Å²) in [4.78, 5) is 14.8. The summed E-state index contributed by atoms with van der Waals surface area (Å²) in [6.45, 7) is 0. The van der Waals surface area contributed by atoms with E-state index >= 15 is 0 Å². The van der Waals surface area contributed by atoms with Crippen molar-refractivity contribution in [3.05, 3.63) is 47.4 Å². The van der Waals surface area contributed by atoms with Crippen LogP contribution in [0.2, 0.25) is 0 Å². The van der Waals surface area contributed by atoms with E-state index in [0.717, 1.165) is 0 Å². The van der Waals surface area contributed by atoms with Crippen molar-refractivity contribution in [2.75, 3.05) is 5.73 Å². The molecule has 0 saturated heterocycles. The van der Waals surface area contributed by atoms with E-state index in [-0.39, 0.29) is 17.1 Å². The number of alkyl halides is 3. The second-order valence-electron chi connectivity index (χ2n) is 4.19. The number of benzene rings is 1. The number of rotatable bonds is 2. The lowest BCUT2D eigenvalue weighted by Crippen LogP contribution is -2.16. The molecule has 1 heterocycles. The van der Waals surface area contributed by atoms with Crippen molar-refractivity contribution >= 4 is 11.6 Å². The Labute approximate surface area is 116 Å². The van der Waals surface area contributed by atoms with Gasteiger partial charge in [0, 0.05) is 5.56 Å². The minimum Gasteiger partial charge on any atom is -0.397 e. The smallest absolute Gasteiger partial charge is 0.397 e. The van der Waals surface area contributed by atoms with Crippen LogP contribution < -0.4 is 11.5 Å². The predicted molar refractivity (Wildman–Crippen MR) is 67.6 cm³/mol. The zero-order chi connectivity index (χ0) is 15.8. The second kappa shape index (κ2) is 5.04. The highest BCUT2D eigenvalue weighted by Crippen LogP contribution is 2.33. The van der Waals surface area contributed by atoms with Gasteiger partial charge in [-0.2, -0.15) is 13.2 Å². The van der Waals surface area contributed by atoms with Gasteiger partial charge in [0.25, 0.3) is 5.91 Å². The molecule has 8 heteroatoms. The third-order valence-corrected chi connectivity index (χ3v) is 2.73. The van der Waals surface area contributed by atoms with Crippen LogP contribution in [0.3, 0.4) is 0 Å². The number of nitrogens with two attached hydrogens (primary N) is 2. The van der Waals surface area contributed by atoms with Crippen LogP contribution in [0.25, 0.3) is 11.3 Å². The van der Waals surface area contributed by atoms with Gasteiger partial charge in [-0.25, -0.2) is 9.37 Å². The Morgan fingerprint density at radius 3 is 2.38 bits per heavy atom. The second-order valence-corrected chi connectivity index (χ2v) is 4.19. The Kier molecular flexibility index (Phi) is 3.54. The first-order valence-corrected chi connectivity index (χ1v) is 5.63. The standard InChI is InChI=1S/C13H9F4N3O/c14-8-2-1-6(13(15,16)17)5-7(8)10-4-3-9(18)11(20-10)12(19)21/h1-5H,18H2,(H2,19,21). The van der Waals surface area contributed by atoms with Gasteiger partial charge in [0.1, 0.15) is 5.82 Å². The molecule has 0 aliphatic carbocycles. The summed E-state index contributed by atoms with van der Waals surface area (Å²) < 4.78 is 51.7. The number of halogens is 4. The number of pyridine rings is 1. The molecular formula is C13H9F4N3O. The first-order chi connectivity index (χ1) is 9.70. The molecule has 110 valence electrons. The molecule has 0 atom stereocenters. The zero-order valence-corrected chi connectivity index (χ0v) is 10.4. The molecule has 4 nitrogen and oxygen atoms in total. The van der Waals surface area contributed by atoms with Crippen LogP contribution in [0, 0.1) is 5.82 Å². The highest BCUT2D eigenvalue weighted by atomic mass is 19.4. The van der Waals surface area contributed by atoms with Crippen LogP contribution in [-0.4, -0.2) is 10.9 Å². The fourth-order valence-electron chi connectivity index (χ4n) is 1.72. The lowest BCUT2D eigenvalue weighted by atomic mass is 10.1. The van der Waals surface area contributed by atoms with Crippen molar-refractivity contribution in [1.82, 2.24) is 4.98 Å². The average molecular weight is 299 g/mol. The number of hydrogen-bond acceptors (Lipinski definition) is 3. The SMILES string of the molecule is NC(=O)c1nc(-c2cc(C(F)(F)F)ccc2F)ccc1N. The van der Waals surface area contributed by atoms with E-state index in [4.69, 9.17) is 11.5 Å². The van der Waals surface area contributed by atoms with Gasteiger partial charge in [-0.1, -0.05) is 0 Å². The molecule has 1 aromatic carbocycles. The van der Waals surface area contributed by atoms with Crippen molar-refractivity contribution in [3.63, 3.8) is 0 Å². The molecule has 0 aliphatic heterocycles. The van der Waals surface area contributed by atoms with Gasteiger partial charge in [0.2, 0.25) is 0 Å². The molecule has 21 heavy (non-hydrogen) atoms. The maximum atomic E-state index is 13.7. The monoisotopic (exact) mass is 299 g/mol. The van der Waals surface area contributed by atoms with Crippen molar-refractivity contribution in [2.45, 2.75) is 6.18 Å². The normalized spacial score (nSPS) is 11.4. The van der Waals surface area contributed by atoms with E-state index in [2.05, 4.69) is 4.98 Å². The highest BCUT2D eigenvalue weighted by Gasteiger charge is 2.31. The van der Waals surface area contributed by atoms with E-state index in [1.807, 2.05) is 0 Å². The Hall–Kier alpha value is -2.64. The maximum absolute atomic E-state index is 13.7. The van der Waals surface area contributed by atoms with Crippen LogP contribution in [0.4, 0.5) is 23.2 Å². The summed E-state index contributed by atoms with van der Waals surface area (Å²) >= 11 is 0. The van der Waals surface area contributed by atoms with Crippen LogP contribution in [0.15, 0.2) is 30.3 Å². The Morgan fingerprint density at radius 2 is 1.81 bits per heavy atom. The van der Waals surface area contributed by atoms with Crippen molar-refractivity contribution < 1.29 is 22.4 Å². The number of hydrogen-bond donors (Lipinski definition) is 2. The summed E-state index contributed by atoms with van der Waals surface area (Å²) in [7, 11) is 0. The van der Waals surface area contributed by atoms with Crippen molar-refractivity contribution in [3.8, 4) is 11.3 Å². The Morgan fingerprint density at radius 1 is 1.14 bits per heavy atom. The van der Waals surface area contributed by atoms with Gasteiger partial charge >= 0.3 is 6.18 Å². The number of nitrogens with zero attached hydrogens (tertiary/aromatic N) is 1. The third-order valence-electron chi connectivity index (χ3n) is 2.73. The van der Waals surface area contributed by atoms with E-state index in [1.165, 1.54) is 12.1 Å². The van der Waals surface area contributed by atoms with Crippen molar-refractivity contribution in [2.24, 2.45) is 5.73 Å². The van der Waals surface area contributed by atoms with E-state index in [9.17, 15) is 22.4 Å². The molecule has 0 spiro atoms. The fraction of sp³-hybridized carbons (Fsp3) is 0.0769. The topological polar surface area (TPSA) is 82.0 Å². The summed E-state index contributed by atoms with van der Waals surface area (Å²) in [5, 5.41) is 0. The molecule has 1 amide bonds. The molecule has 0 aliphatic rings. The Bertz CT molecular complexity index is 713. The number of anilines is 1. The third kappa shape index (κ3) is 2.93. The minimum absolute atomic E-state index is 0.0429. The molecule has 4 N–H and O–H groups in total. The maximum Gasteiger partial charge on any atom is 0.416 e. The van der Waals surface area contributed by atoms with Crippen LogP contribution >= 0.6 is 0 Å². The molecule has 1 aromatic heterocycles. The first kappa shape index (κ1) is 14.8. The van der Waals surface area contributed by atoms with E-state index in [0.29, 0.717) is 18.2 Å². The number of aromatic nitrogens is 1. The lowest BCUT2D eigenvalue weighted by Gasteiger charge is -2.10. The quantitative estimate of drug-likeness (QED) is 0.836. The number of primary amides is 1. The molecule has 2 rings (SSSR count). The number of carbonyl (C=O) groups excluding carboxylic acids is 1. The number of nitrogen functional groups attached to an aromatic ring is 1. The van der Waals surface area contributed by atoms with Gasteiger partial charge < -0.3 is 11.5 Å². The zero-order valence-electron chi connectivity index (χ0n) is 10.4. The van der Waals surface area contributed by atoms with Gasteiger partial charge in [-0.15, -0.1) is 0 Å². The van der Waals surface area contributed by atoms with Crippen molar-refractivity contribution in [1.29, 1.82) is 0 Å². The number of amides is 1. The Balaban J connectivity index is 2.61. The minimum atomic E-state index is -4.62. The number of carbonyl (C=O) groups is 1. The average Bonchev–Trinajstić information content (AvgIpc) is 2.38. The molecule has 2 aromatic rings. The molecule has 0 bridgehead atoms. The highest BCUT2D eigenvalue weighted by molar-refractivity contribution is 5.96. The van der Waals surface area contributed by atoms with E-state index < -0.39 is 29.0 Å². The van der Waals surface area contributed by atoms with Gasteiger partial charge in [-0.05, 0) is 30.3 Å². The molecular weight excluding hydrogens is 290 g/mol. The van der Waals surface area contributed by atoms with Crippen LogP contribution in [0.1, 0.15) is 16.1 Å². The summed E-state index contributed by atoms with van der Waals surface area (Å²) in [5.74, 6) is -1.86. The first-order valence-electron chi connectivity index (χ1n) is 5.63. The summed E-state index contributed by atoms with van der Waals surface area (Å²) in [6, 6.07) is 4.34. The largest absolute Gasteiger partial charge is 0.416 e. The summed E-state index contributed by atoms with van der Waals surface area (Å²) in [5.41, 5.74) is 8.55.